The van der Waals surface area contributed by atoms with E-state index in [0.29, 0.717) is 43.1 Å². The number of rotatable bonds is 7. The second kappa shape index (κ2) is 10.9. The van der Waals surface area contributed by atoms with Crippen LogP contribution in [-0.2, 0) is 19.1 Å². The number of amides is 1. The Labute approximate surface area is 224 Å². The quantitative estimate of drug-likeness (QED) is 0.352. The fourth-order valence-electron chi connectivity index (χ4n) is 4.86. The number of ether oxygens (including phenoxy) is 1. The Morgan fingerprint density at radius 2 is 1.54 bits per heavy atom. The highest BCUT2D eigenvalue weighted by Gasteiger charge is 2.30. The van der Waals surface area contributed by atoms with Gasteiger partial charge in [0.1, 0.15) is 17.1 Å². The number of aromatic nitrogens is 2. The smallest absolute Gasteiger partial charge is 0.416 e. The van der Waals surface area contributed by atoms with Crippen LogP contribution in [0.25, 0.3) is 5.65 Å². The van der Waals surface area contributed by atoms with Crippen molar-refractivity contribution in [1.82, 2.24) is 14.7 Å². The number of halogens is 3. The van der Waals surface area contributed by atoms with E-state index in [0.717, 1.165) is 47.9 Å². The molecule has 0 aliphatic carbocycles. The van der Waals surface area contributed by atoms with Gasteiger partial charge >= 0.3 is 6.18 Å². The highest BCUT2D eigenvalue weighted by atomic mass is 19.4. The summed E-state index contributed by atoms with van der Waals surface area (Å²) in [5.41, 5.74) is 4.13. The maximum atomic E-state index is 13.1. The molecule has 0 radical (unpaired) electrons. The molecule has 1 saturated heterocycles. The number of anilines is 2. The van der Waals surface area contributed by atoms with E-state index in [9.17, 15) is 18.0 Å². The average Bonchev–Trinajstić information content (AvgIpc) is 3.34. The van der Waals surface area contributed by atoms with E-state index >= 15 is 0 Å². The third kappa shape index (κ3) is 5.64. The molecule has 4 aromatic rings. The minimum absolute atomic E-state index is 0.187. The Morgan fingerprint density at radius 1 is 0.949 bits per heavy atom. The van der Waals surface area contributed by atoms with Crippen molar-refractivity contribution in [2.24, 2.45) is 0 Å². The van der Waals surface area contributed by atoms with Crippen molar-refractivity contribution in [2.75, 3.05) is 43.1 Å². The molecule has 1 fully saturated rings. The summed E-state index contributed by atoms with van der Waals surface area (Å²) in [7, 11) is 1.59. The van der Waals surface area contributed by atoms with Gasteiger partial charge in [0.2, 0.25) is 0 Å². The average molecular weight is 538 g/mol. The highest BCUT2D eigenvalue weighted by Crippen LogP contribution is 2.31. The minimum Gasteiger partial charge on any atom is -0.497 e. The molecule has 0 saturated carbocycles. The van der Waals surface area contributed by atoms with Gasteiger partial charge in [-0.2, -0.15) is 13.2 Å². The molecule has 39 heavy (non-hydrogen) atoms. The van der Waals surface area contributed by atoms with Gasteiger partial charge in [0.25, 0.3) is 5.91 Å². The van der Waals surface area contributed by atoms with Gasteiger partial charge in [-0.15, -0.1) is 0 Å². The third-order valence-corrected chi connectivity index (χ3v) is 7.05. The summed E-state index contributed by atoms with van der Waals surface area (Å²) in [6.07, 6.45) is -1.90. The van der Waals surface area contributed by atoms with Gasteiger partial charge in [0.05, 0.1) is 18.4 Å². The van der Waals surface area contributed by atoms with Crippen molar-refractivity contribution in [1.29, 1.82) is 0 Å². The standard InChI is InChI=1S/C29H30F3N5O2/c1-3-25-27(37-13-12-24(39-2)18-26(37)34-25)28(38)33-19-20-4-8-22(9-5-20)35-14-16-36(17-15-35)23-10-6-21(7-11-23)29(30,31)32/h4-13,18H,3,14-17,19H2,1-2H3,(H,33,38). The van der Waals surface area contributed by atoms with Gasteiger partial charge in [0.15, 0.2) is 0 Å². The zero-order valence-corrected chi connectivity index (χ0v) is 21.8. The number of piperazine rings is 1. The maximum absolute atomic E-state index is 13.1. The van der Waals surface area contributed by atoms with E-state index in [1.807, 2.05) is 31.2 Å². The second-order valence-electron chi connectivity index (χ2n) is 9.42. The molecule has 5 rings (SSSR count). The first-order valence-corrected chi connectivity index (χ1v) is 12.9. The minimum atomic E-state index is -4.33. The third-order valence-electron chi connectivity index (χ3n) is 7.05. The number of aryl methyl sites for hydroxylation is 1. The number of carbonyl (C=O) groups excluding carboxylic acids is 1. The largest absolute Gasteiger partial charge is 0.497 e. The molecule has 10 heteroatoms. The van der Waals surface area contributed by atoms with E-state index in [4.69, 9.17) is 4.74 Å². The van der Waals surface area contributed by atoms with Gasteiger partial charge in [0, 0.05) is 56.4 Å². The van der Waals surface area contributed by atoms with Crippen LogP contribution in [0.3, 0.4) is 0 Å². The number of nitrogens with zero attached hydrogens (tertiary/aromatic N) is 4. The lowest BCUT2D eigenvalue weighted by Crippen LogP contribution is -2.46. The molecule has 0 bridgehead atoms. The summed E-state index contributed by atoms with van der Waals surface area (Å²) in [6, 6.07) is 17.0. The Hall–Kier alpha value is -4.21. The lowest BCUT2D eigenvalue weighted by molar-refractivity contribution is -0.137. The summed E-state index contributed by atoms with van der Waals surface area (Å²) in [6.45, 7) is 5.30. The number of carbonyl (C=O) groups is 1. The van der Waals surface area contributed by atoms with Gasteiger partial charge < -0.3 is 19.9 Å². The number of imidazole rings is 1. The second-order valence-corrected chi connectivity index (χ2v) is 9.42. The van der Waals surface area contributed by atoms with Crippen LogP contribution in [0.5, 0.6) is 5.75 Å². The van der Waals surface area contributed by atoms with Crippen molar-refractivity contribution >= 4 is 22.9 Å². The molecule has 2 aromatic carbocycles. The molecule has 7 nitrogen and oxygen atoms in total. The van der Waals surface area contributed by atoms with E-state index < -0.39 is 11.7 Å². The van der Waals surface area contributed by atoms with Gasteiger partial charge in [-0.05, 0) is 54.4 Å². The van der Waals surface area contributed by atoms with Gasteiger partial charge in [-0.3, -0.25) is 9.20 Å². The highest BCUT2D eigenvalue weighted by molar-refractivity contribution is 5.94. The lowest BCUT2D eigenvalue weighted by Gasteiger charge is -2.37. The number of pyridine rings is 1. The van der Waals surface area contributed by atoms with E-state index in [1.165, 1.54) is 12.1 Å². The maximum Gasteiger partial charge on any atom is 0.416 e. The van der Waals surface area contributed by atoms with E-state index in [-0.39, 0.29) is 5.91 Å². The summed E-state index contributed by atoms with van der Waals surface area (Å²) in [5, 5.41) is 3.01. The van der Waals surface area contributed by atoms with Crippen LogP contribution in [0.1, 0.15) is 34.2 Å². The summed E-state index contributed by atoms with van der Waals surface area (Å²) < 4.78 is 45.6. The van der Waals surface area contributed by atoms with Crippen LogP contribution in [0.2, 0.25) is 0 Å². The first-order valence-electron chi connectivity index (χ1n) is 12.9. The van der Waals surface area contributed by atoms with E-state index in [2.05, 4.69) is 20.1 Å². The van der Waals surface area contributed by atoms with Gasteiger partial charge in [-0.1, -0.05) is 19.1 Å². The van der Waals surface area contributed by atoms with Crippen molar-refractivity contribution in [3.8, 4) is 5.75 Å². The van der Waals surface area contributed by atoms with Crippen LogP contribution >= 0.6 is 0 Å². The summed E-state index contributed by atoms with van der Waals surface area (Å²) >= 11 is 0. The van der Waals surface area contributed by atoms with Crippen molar-refractivity contribution < 1.29 is 22.7 Å². The Bertz CT molecular complexity index is 1440. The van der Waals surface area contributed by atoms with Crippen molar-refractivity contribution in [3.05, 3.63) is 89.4 Å². The van der Waals surface area contributed by atoms with E-state index in [1.54, 1.807) is 29.8 Å². The van der Waals surface area contributed by atoms with Crippen molar-refractivity contribution in [2.45, 2.75) is 26.1 Å². The Balaban J connectivity index is 1.17. The number of hydrogen-bond donors (Lipinski definition) is 1. The summed E-state index contributed by atoms with van der Waals surface area (Å²) in [4.78, 5) is 22.0. The zero-order chi connectivity index (χ0) is 27.6. The first kappa shape index (κ1) is 26.4. The van der Waals surface area contributed by atoms with Crippen LogP contribution in [0.4, 0.5) is 24.5 Å². The van der Waals surface area contributed by atoms with Crippen LogP contribution < -0.4 is 19.9 Å². The topological polar surface area (TPSA) is 62.1 Å². The molecule has 1 aliphatic rings. The lowest BCUT2D eigenvalue weighted by atomic mass is 10.1. The van der Waals surface area contributed by atoms with Gasteiger partial charge in [-0.25, -0.2) is 4.98 Å². The first-order chi connectivity index (χ1) is 18.8. The molecular weight excluding hydrogens is 507 g/mol. The molecule has 0 atom stereocenters. The predicted octanol–water partition coefficient (Wildman–Crippen LogP) is 5.18. The summed E-state index contributed by atoms with van der Waals surface area (Å²) in [5.74, 6) is 0.496. The van der Waals surface area contributed by atoms with Crippen LogP contribution in [0.15, 0.2) is 66.9 Å². The monoisotopic (exact) mass is 537 g/mol. The Morgan fingerprint density at radius 3 is 2.08 bits per heavy atom. The SMILES string of the molecule is CCc1nc2cc(OC)ccn2c1C(=O)NCc1ccc(N2CCN(c3ccc(C(F)(F)F)cc3)CC2)cc1. The number of hydrogen-bond acceptors (Lipinski definition) is 5. The molecule has 2 aromatic heterocycles. The number of methoxy groups -OCH3 is 1. The molecular formula is C29H30F3N5O2. The molecule has 204 valence electrons. The fraction of sp³-hybridized carbons (Fsp3) is 0.310. The number of alkyl halides is 3. The predicted molar refractivity (Wildman–Crippen MR) is 145 cm³/mol. The van der Waals surface area contributed by atoms with Crippen LogP contribution in [0, 0.1) is 0 Å². The number of nitrogens with one attached hydrogen (secondary N) is 1. The molecule has 1 aliphatic heterocycles. The van der Waals surface area contributed by atoms with Crippen molar-refractivity contribution in [3.63, 3.8) is 0 Å². The van der Waals surface area contributed by atoms with Crippen LogP contribution in [-0.4, -0.2) is 48.6 Å². The molecule has 1 amide bonds. The molecule has 1 N–H and O–H groups in total. The molecule has 0 unspecified atom stereocenters. The number of benzene rings is 2. The Kier molecular flexibility index (Phi) is 7.36. The normalized spacial score (nSPS) is 14.1. The number of fused-ring (bicyclic) bond motifs is 1. The molecule has 0 spiro atoms. The fourth-order valence-corrected chi connectivity index (χ4v) is 4.86. The zero-order valence-electron chi connectivity index (χ0n) is 21.8. The molecule has 3 heterocycles.